The first-order valence-electron chi connectivity index (χ1n) is 8.29. The van der Waals surface area contributed by atoms with E-state index in [2.05, 4.69) is 32.6 Å². The van der Waals surface area contributed by atoms with Crippen LogP contribution in [0.25, 0.3) is 0 Å². The summed E-state index contributed by atoms with van der Waals surface area (Å²) in [4.78, 5) is 18.7. The van der Waals surface area contributed by atoms with Gasteiger partial charge >= 0.3 is 0 Å². The first kappa shape index (κ1) is 15.4. The molecule has 4 rings (SSSR count). The molecule has 1 aliphatic rings. The zero-order valence-electron chi connectivity index (χ0n) is 13.7. The highest BCUT2D eigenvalue weighted by Crippen LogP contribution is 2.29. The van der Waals surface area contributed by atoms with Crippen LogP contribution in [0.15, 0.2) is 54.9 Å². The third-order valence-corrected chi connectivity index (χ3v) is 4.46. The highest BCUT2D eigenvalue weighted by atomic mass is 16.2. The normalized spacial score (nSPS) is 16.7. The number of fused-ring (bicyclic) bond motifs is 1. The Morgan fingerprint density at radius 2 is 1.92 bits per heavy atom. The summed E-state index contributed by atoms with van der Waals surface area (Å²) in [5.41, 5.74) is 2.24. The first-order valence-corrected chi connectivity index (χ1v) is 8.29. The minimum Gasteiger partial charge on any atom is -0.326 e. The second-order valence-corrected chi connectivity index (χ2v) is 6.12. The average molecular weight is 334 g/mol. The van der Waals surface area contributed by atoms with Gasteiger partial charge in [0.15, 0.2) is 5.82 Å². The molecule has 0 N–H and O–H groups in total. The average Bonchev–Trinajstić information content (AvgIpc) is 3.11. The topological polar surface area (TPSA) is 76.8 Å². The number of pyridine rings is 1. The molecular formula is C18H18N6O. The number of hydrogen-bond donors (Lipinski definition) is 0. The fourth-order valence-electron chi connectivity index (χ4n) is 3.21. The van der Waals surface area contributed by atoms with E-state index < -0.39 is 0 Å². The molecule has 2 aromatic heterocycles. The lowest BCUT2D eigenvalue weighted by atomic mass is 10.0. The van der Waals surface area contributed by atoms with E-state index in [9.17, 15) is 4.79 Å². The van der Waals surface area contributed by atoms with Gasteiger partial charge in [-0.2, -0.15) is 0 Å². The molecule has 1 aliphatic heterocycles. The van der Waals surface area contributed by atoms with Crippen LogP contribution in [0.5, 0.6) is 0 Å². The van der Waals surface area contributed by atoms with Gasteiger partial charge in [-0.3, -0.25) is 9.78 Å². The van der Waals surface area contributed by atoms with Crippen molar-refractivity contribution in [2.24, 2.45) is 0 Å². The van der Waals surface area contributed by atoms with E-state index >= 15 is 0 Å². The minimum atomic E-state index is -0.142. The first-order chi connectivity index (χ1) is 12.3. The van der Waals surface area contributed by atoms with Crippen molar-refractivity contribution in [2.45, 2.75) is 32.0 Å². The summed E-state index contributed by atoms with van der Waals surface area (Å²) in [6.07, 6.45) is 5.15. The largest absolute Gasteiger partial charge is 0.326 e. The number of rotatable bonds is 5. The molecule has 1 amide bonds. The molecule has 3 heterocycles. The maximum Gasteiger partial charge on any atom is 0.245 e. The number of nitrogens with zero attached hydrogens (tertiary/aromatic N) is 6. The number of benzene rings is 1. The molecule has 0 radical (unpaired) electrons. The maximum absolute atomic E-state index is 12.7. The molecule has 0 bridgehead atoms. The van der Waals surface area contributed by atoms with Gasteiger partial charge in [0.05, 0.1) is 6.04 Å². The Balaban J connectivity index is 1.59. The van der Waals surface area contributed by atoms with Crippen LogP contribution in [-0.4, -0.2) is 36.0 Å². The molecule has 0 fully saturated rings. The fraction of sp³-hybridized carbons (Fsp3) is 0.278. The van der Waals surface area contributed by atoms with Gasteiger partial charge in [-0.25, -0.2) is 4.68 Å². The van der Waals surface area contributed by atoms with Gasteiger partial charge in [-0.15, -0.1) is 5.10 Å². The Labute approximate surface area is 145 Å². The fourth-order valence-corrected chi connectivity index (χ4v) is 3.21. The van der Waals surface area contributed by atoms with Crippen LogP contribution in [0.1, 0.15) is 29.4 Å². The monoisotopic (exact) mass is 334 g/mol. The zero-order valence-corrected chi connectivity index (χ0v) is 13.7. The van der Waals surface area contributed by atoms with Crippen LogP contribution in [-0.2, 0) is 24.3 Å². The summed E-state index contributed by atoms with van der Waals surface area (Å²) >= 11 is 0. The van der Waals surface area contributed by atoms with Crippen molar-refractivity contribution >= 4 is 5.91 Å². The van der Waals surface area contributed by atoms with E-state index in [1.807, 2.05) is 35.2 Å². The molecule has 0 aliphatic carbocycles. The van der Waals surface area contributed by atoms with Gasteiger partial charge in [0.1, 0.15) is 6.54 Å². The quantitative estimate of drug-likeness (QED) is 0.711. The van der Waals surface area contributed by atoms with Crippen LogP contribution in [0.4, 0.5) is 0 Å². The van der Waals surface area contributed by atoms with Gasteiger partial charge < -0.3 is 4.90 Å². The summed E-state index contributed by atoms with van der Waals surface area (Å²) in [7, 11) is 0. The number of amides is 1. The molecule has 0 saturated carbocycles. The summed E-state index contributed by atoms with van der Waals surface area (Å²) in [6, 6.07) is 14.0. The lowest BCUT2D eigenvalue weighted by Gasteiger charge is -2.34. The Hall–Kier alpha value is -3.09. The van der Waals surface area contributed by atoms with Gasteiger partial charge in [0, 0.05) is 18.9 Å². The van der Waals surface area contributed by atoms with Gasteiger partial charge in [0.25, 0.3) is 0 Å². The van der Waals surface area contributed by atoms with Crippen LogP contribution in [0.2, 0.25) is 0 Å². The van der Waals surface area contributed by atoms with Crippen LogP contribution >= 0.6 is 0 Å². The third-order valence-electron chi connectivity index (χ3n) is 4.46. The molecule has 0 spiro atoms. The Morgan fingerprint density at radius 3 is 2.72 bits per heavy atom. The van der Waals surface area contributed by atoms with Gasteiger partial charge in [0.2, 0.25) is 5.91 Å². The van der Waals surface area contributed by atoms with Crippen LogP contribution in [0.3, 0.4) is 0 Å². The van der Waals surface area contributed by atoms with E-state index in [0.717, 1.165) is 24.2 Å². The van der Waals surface area contributed by atoms with E-state index in [4.69, 9.17) is 0 Å². The van der Waals surface area contributed by atoms with Crippen molar-refractivity contribution < 1.29 is 4.79 Å². The lowest BCUT2D eigenvalue weighted by Crippen LogP contribution is -2.43. The Morgan fingerprint density at radius 1 is 1.08 bits per heavy atom. The summed E-state index contributed by atoms with van der Waals surface area (Å²) < 4.78 is 1.61. The standard InChI is InChI=1S/C18H18N6O/c25-17-13-24-18(20-21-22-24)16(9-8-14-5-2-1-3-6-14)23(17)12-15-7-4-10-19-11-15/h1-7,10-11,16H,8-9,12-13H2. The van der Waals surface area contributed by atoms with Crippen molar-refractivity contribution in [3.8, 4) is 0 Å². The van der Waals surface area contributed by atoms with Gasteiger partial charge in [-0.05, 0) is 40.5 Å². The van der Waals surface area contributed by atoms with Crippen molar-refractivity contribution in [1.29, 1.82) is 0 Å². The summed E-state index contributed by atoms with van der Waals surface area (Å²) in [5, 5.41) is 11.9. The molecule has 7 nitrogen and oxygen atoms in total. The lowest BCUT2D eigenvalue weighted by molar-refractivity contribution is -0.138. The highest BCUT2D eigenvalue weighted by molar-refractivity contribution is 5.77. The SMILES string of the molecule is O=C1Cn2nnnc2C(CCc2ccccc2)N1Cc1cccnc1. The smallest absolute Gasteiger partial charge is 0.245 e. The number of carbonyl (C=O) groups is 1. The molecule has 126 valence electrons. The van der Waals surface area contributed by atoms with Crippen molar-refractivity contribution in [3.05, 3.63) is 71.8 Å². The minimum absolute atomic E-state index is 0.0294. The number of tetrazole rings is 1. The number of aromatic nitrogens is 5. The number of aryl methyl sites for hydroxylation is 1. The molecule has 0 saturated heterocycles. The molecule has 3 aromatic rings. The van der Waals surface area contributed by atoms with Gasteiger partial charge in [-0.1, -0.05) is 36.4 Å². The number of carbonyl (C=O) groups excluding carboxylic acids is 1. The summed E-state index contributed by atoms with van der Waals surface area (Å²) in [6.45, 7) is 0.698. The molecular weight excluding hydrogens is 316 g/mol. The van der Waals surface area contributed by atoms with Crippen molar-refractivity contribution in [3.63, 3.8) is 0 Å². The zero-order chi connectivity index (χ0) is 17.1. The predicted molar refractivity (Wildman–Crippen MR) is 90.1 cm³/mol. The Kier molecular flexibility index (Phi) is 4.20. The predicted octanol–water partition coefficient (Wildman–Crippen LogP) is 1.78. The molecule has 7 heteroatoms. The van der Waals surface area contributed by atoms with Crippen LogP contribution < -0.4 is 0 Å². The van der Waals surface area contributed by atoms with E-state index in [0.29, 0.717) is 6.54 Å². The molecule has 1 atom stereocenters. The second kappa shape index (κ2) is 6.80. The van der Waals surface area contributed by atoms with E-state index in [1.165, 1.54) is 5.56 Å². The maximum atomic E-state index is 12.7. The van der Waals surface area contributed by atoms with Crippen molar-refractivity contribution in [2.75, 3.05) is 0 Å². The van der Waals surface area contributed by atoms with E-state index in [-0.39, 0.29) is 18.5 Å². The summed E-state index contributed by atoms with van der Waals surface area (Å²) in [5.74, 6) is 0.779. The third kappa shape index (κ3) is 3.26. The second-order valence-electron chi connectivity index (χ2n) is 6.12. The number of hydrogen-bond acceptors (Lipinski definition) is 5. The van der Waals surface area contributed by atoms with Crippen molar-refractivity contribution in [1.82, 2.24) is 30.1 Å². The Bertz CT molecular complexity index is 848. The van der Waals surface area contributed by atoms with E-state index in [1.54, 1.807) is 17.1 Å². The van der Waals surface area contributed by atoms with Crippen LogP contribution in [0, 0.1) is 0 Å². The molecule has 1 unspecified atom stereocenters. The molecule has 25 heavy (non-hydrogen) atoms. The molecule has 1 aromatic carbocycles. The highest BCUT2D eigenvalue weighted by Gasteiger charge is 2.34.